The van der Waals surface area contributed by atoms with Gasteiger partial charge in [-0.2, -0.15) is 0 Å². The average Bonchev–Trinajstić information content (AvgIpc) is 1.90. The standard InChI is InChI=1S/C6H13NOS2/c1-4-7(5-2)6(9)10(3)8/h4-5H2,1-3H3/t10-/m0/s1. The van der Waals surface area contributed by atoms with Gasteiger partial charge in [-0.1, -0.05) is 12.2 Å². The highest BCUT2D eigenvalue weighted by Crippen LogP contribution is 1.94. The largest absolute Gasteiger partial charge is 0.356 e. The van der Waals surface area contributed by atoms with Crippen molar-refractivity contribution < 1.29 is 4.21 Å². The van der Waals surface area contributed by atoms with Gasteiger partial charge >= 0.3 is 0 Å². The molecular formula is C6H13NOS2. The zero-order valence-corrected chi connectivity index (χ0v) is 8.22. The van der Waals surface area contributed by atoms with Gasteiger partial charge in [0.05, 0.1) is 10.8 Å². The number of nitrogens with zero attached hydrogens (tertiary/aromatic N) is 1. The first-order chi connectivity index (χ1) is 4.63. The molecule has 0 fully saturated rings. The van der Waals surface area contributed by atoms with Gasteiger partial charge in [-0.05, 0) is 13.8 Å². The van der Waals surface area contributed by atoms with E-state index in [-0.39, 0.29) is 0 Å². The van der Waals surface area contributed by atoms with Gasteiger partial charge in [0.25, 0.3) is 0 Å². The van der Waals surface area contributed by atoms with E-state index >= 15 is 0 Å². The lowest BCUT2D eigenvalue weighted by Gasteiger charge is -2.19. The smallest absolute Gasteiger partial charge is 0.166 e. The van der Waals surface area contributed by atoms with Crippen LogP contribution in [0, 0.1) is 0 Å². The fourth-order valence-corrected chi connectivity index (χ4v) is 1.54. The minimum absolute atomic E-state index is 0.560. The second-order valence-corrected chi connectivity index (χ2v) is 3.83. The minimum Gasteiger partial charge on any atom is -0.356 e. The van der Waals surface area contributed by atoms with Crippen LogP contribution in [0.5, 0.6) is 0 Å². The van der Waals surface area contributed by atoms with Gasteiger partial charge < -0.3 is 4.90 Å². The third-order valence-corrected chi connectivity index (χ3v) is 2.98. The highest BCUT2D eigenvalue weighted by molar-refractivity contribution is 8.12. The highest BCUT2D eigenvalue weighted by Gasteiger charge is 2.07. The van der Waals surface area contributed by atoms with Crippen molar-refractivity contribution in [3.05, 3.63) is 0 Å². The van der Waals surface area contributed by atoms with E-state index in [2.05, 4.69) is 0 Å². The summed E-state index contributed by atoms with van der Waals surface area (Å²) >= 11 is 4.92. The first kappa shape index (κ1) is 10.0. The van der Waals surface area contributed by atoms with Gasteiger partial charge in [0.1, 0.15) is 0 Å². The van der Waals surface area contributed by atoms with E-state index in [1.54, 1.807) is 6.26 Å². The quantitative estimate of drug-likeness (QED) is 0.590. The summed E-state index contributed by atoms with van der Waals surface area (Å²) in [6, 6.07) is 0. The summed E-state index contributed by atoms with van der Waals surface area (Å²) in [7, 11) is -0.983. The third kappa shape index (κ3) is 2.75. The Balaban J connectivity index is 4.02. The van der Waals surface area contributed by atoms with E-state index in [1.165, 1.54) is 0 Å². The Morgan fingerprint density at radius 2 is 1.90 bits per heavy atom. The van der Waals surface area contributed by atoms with E-state index < -0.39 is 10.8 Å². The Labute approximate surface area is 70.1 Å². The zero-order chi connectivity index (χ0) is 8.15. The normalized spacial score (nSPS) is 12.7. The molecular weight excluding hydrogens is 166 g/mol. The molecule has 0 unspecified atom stereocenters. The van der Waals surface area contributed by atoms with Gasteiger partial charge in [0.15, 0.2) is 4.32 Å². The Bertz CT molecular complexity index is 143. The molecule has 2 nitrogen and oxygen atoms in total. The SMILES string of the molecule is CCN(CC)C(=S)[S@](C)=O. The van der Waals surface area contributed by atoms with Crippen molar-refractivity contribution >= 4 is 27.3 Å². The molecule has 0 spiro atoms. The van der Waals surface area contributed by atoms with Gasteiger partial charge in [-0.25, -0.2) is 0 Å². The van der Waals surface area contributed by atoms with Crippen molar-refractivity contribution in [2.24, 2.45) is 0 Å². The van der Waals surface area contributed by atoms with Crippen molar-refractivity contribution in [3.8, 4) is 0 Å². The molecule has 1 atom stereocenters. The van der Waals surface area contributed by atoms with Crippen LogP contribution in [0.4, 0.5) is 0 Å². The molecule has 60 valence electrons. The lowest BCUT2D eigenvalue weighted by Crippen LogP contribution is -2.31. The predicted octanol–water partition coefficient (Wildman–Crippen LogP) is 0.992. The summed E-state index contributed by atoms with van der Waals surface area (Å²) in [6.45, 7) is 5.69. The molecule has 0 N–H and O–H groups in total. The predicted molar refractivity (Wildman–Crippen MR) is 49.6 cm³/mol. The molecule has 0 saturated heterocycles. The van der Waals surface area contributed by atoms with Crippen LogP contribution in [0.1, 0.15) is 13.8 Å². The van der Waals surface area contributed by atoms with Gasteiger partial charge in [-0.15, -0.1) is 0 Å². The topological polar surface area (TPSA) is 20.3 Å². The third-order valence-electron chi connectivity index (χ3n) is 1.27. The molecule has 0 rings (SSSR count). The Morgan fingerprint density at radius 3 is 2.00 bits per heavy atom. The fourth-order valence-electron chi connectivity index (χ4n) is 0.664. The van der Waals surface area contributed by atoms with Crippen molar-refractivity contribution in [3.63, 3.8) is 0 Å². The van der Waals surface area contributed by atoms with Crippen molar-refractivity contribution in [2.45, 2.75) is 13.8 Å². The molecule has 10 heavy (non-hydrogen) atoms. The van der Waals surface area contributed by atoms with Crippen LogP contribution in [0.25, 0.3) is 0 Å². The van der Waals surface area contributed by atoms with Crippen LogP contribution in [0.3, 0.4) is 0 Å². The van der Waals surface area contributed by atoms with Crippen molar-refractivity contribution in [1.29, 1.82) is 0 Å². The second kappa shape index (κ2) is 4.79. The minimum atomic E-state index is -0.983. The van der Waals surface area contributed by atoms with Gasteiger partial charge in [-0.3, -0.25) is 4.21 Å². The maximum absolute atomic E-state index is 10.8. The Hall–Kier alpha value is 0.0400. The molecule has 0 aromatic heterocycles. The molecule has 0 aliphatic heterocycles. The number of hydrogen-bond acceptors (Lipinski definition) is 2. The van der Waals surface area contributed by atoms with E-state index in [0.717, 1.165) is 13.1 Å². The van der Waals surface area contributed by atoms with Gasteiger partial charge in [0, 0.05) is 19.3 Å². The van der Waals surface area contributed by atoms with Crippen LogP contribution in [0.15, 0.2) is 0 Å². The first-order valence-electron chi connectivity index (χ1n) is 3.25. The monoisotopic (exact) mass is 179 g/mol. The number of rotatable bonds is 2. The lowest BCUT2D eigenvalue weighted by atomic mass is 10.6. The molecule has 0 aliphatic rings. The Morgan fingerprint density at radius 1 is 1.50 bits per heavy atom. The summed E-state index contributed by atoms with van der Waals surface area (Å²) < 4.78 is 11.4. The number of hydrogen-bond donors (Lipinski definition) is 0. The highest BCUT2D eigenvalue weighted by atomic mass is 32.2. The molecule has 0 aliphatic carbocycles. The lowest BCUT2D eigenvalue weighted by molar-refractivity contribution is 0.480. The van der Waals surface area contributed by atoms with Crippen molar-refractivity contribution in [2.75, 3.05) is 19.3 Å². The fraction of sp³-hybridized carbons (Fsp3) is 0.833. The van der Waals surface area contributed by atoms with Crippen LogP contribution in [-0.2, 0) is 10.8 Å². The summed E-state index contributed by atoms with van der Waals surface area (Å²) in [6.07, 6.45) is 1.61. The van der Waals surface area contributed by atoms with E-state index in [0.29, 0.717) is 4.32 Å². The molecule has 0 aromatic carbocycles. The van der Waals surface area contributed by atoms with Crippen molar-refractivity contribution in [1.82, 2.24) is 4.90 Å². The van der Waals surface area contributed by atoms with Crippen LogP contribution in [-0.4, -0.2) is 32.8 Å². The summed E-state index contributed by atoms with van der Waals surface area (Å²) in [4.78, 5) is 1.92. The molecule has 0 bridgehead atoms. The molecule has 0 amide bonds. The average molecular weight is 179 g/mol. The van der Waals surface area contributed by atoms with Crippen LogP contribution in [0.2, 0.25) is 0 Å². The maximum atomic E-state index is 10.8. The maximum Gasteiger partial charge on any atom is 0.166 e. The molecule has 0 radical (unpaired) electrons. The molecule has 4 heteroatoms. The van der Waals surface area contributed by atoms with E-state index in [4.69, 9.17) is 12.2 Å². The summed E-state index contributed by atoms with van der Waals surface area (Å²) in [5.74, 6) is 0. The van der Waals surface area contributed by atoms with E-state index in [9.17, 15) is 4.21 Å². The first-order valence-corrected chi connectivity index (χ1v) is 5.22. The summed E-state index contributed by atoms with van der Waals surface area (Å²) in [5, 5.41) is 0. The van der Waals surface area contributed by atoms with Gasteiger partial charge in [0.2, 0.25) is 0 Å². The molecule has 0 heterocycles. The van der Waals surface area contributed by atoms with Crippen LogP contribution < -0.4 is 0 Å². The number of thiocarbonyl (C=S) groups is 1. The van der Waals surface area contributed by atoms with E-state index in [1.807, 2.05) is 18.7 Å². The summed E-state index contributed by atoms with van der Waals surface area (Å²) in [5.41, 5.74) is 0. The Kier molecular flexibility index (Phi) is 4.81. The molecule has 0 saturated carbocycles. The second-order valence-electron chi connectivity index (χ2n) is 1.89. The van der Waals surface area contributed by atoms with Crippen LogP contribution >= 0.6 is 12.2 Å². The zero-order valence-electron chi connectivity index (χ0n) is 6.59. The molecule has 0 aromatic rings.